The summed E-state index contributed by atoms with van der Waals surface area (Å²) < 4.78 is 13.3. The molecule has 5 rings (SSSR count). The number of amides is 1. The number of carboxylic acids is 1. The van der Waals surface area contributed by atoms with E-state index in [9.17, 15) is 19.1 Å². The van der Waals surface area contributed by atoms with Crippen molar-refractivity contribution in [3.63, 3.8) is 0 Å². The van der Waals surface area contributed by atoms with Gasteiger partial charge in [-0.3, -0.25) is 4.79 Å². The van der Waals surface area contributed by atoms with Crippen molar-refractivity contribution in [2.24, 2.45) is 0 Å². The largest absolute Gasteiger partial charge is 0.478 e. The molecular formula is C31H21FN2O3. The van der Waals surface area contributed by atoms with Crippen LogP contribution in [0.4, 0.5) is 10.1 Å². The maximum Gasteiger partial charge on any atom is 0.336 e. The lowest BCUT2D eigenvalue weighted by atomic mass is 9.98. The SMILES string of the molecule is O=C(Nc1ccc(/C=C/c2cc(-c3ccc(F)cc3)ccc2C(=O)O)cc1)c1ccc2ccccc2n1. The average Bonchev–Trinajstić information content (AvgIpc) is 2.92. The van der Waals surface area contributed by atoms with E-state index in [-0.39, 0.29) is 17.3 Å². The van der Waals surface area contributed by atoms with Crippen LogP contribution in [0.2, 0.25) is 0 Å². The number of carbonyl (C=O) groups is 2. The highest BCUT2D eigenvalue weighted by Gasteiger charge is 2.11. The van der Waals surface area contributed by atoms with Gasteiger partial charge in [-0.25, -0.2) is 14.2 Å². The second kappa shape index (κ2) is 10.3. The minimum Gasteiger partial charge on any atom is -0.478 e. The molecule has 0 spiro atoms. The Morgan fingerprint density at radius 3 is 2.27 bits per heavy atom. The molecule has 1 aromatic heterocycles. The number of carboxylic acid groups (broad SMARTS) is 1. The normalized spacial score (nSPS) is 11.1. The number of nitrogens with zero attached hydrogens (tertiary/aromatic N) is 1. The Balaban J connectivity index is 1.33. The smallest absolute Gasteiger partial charge is 0.336 e. The molecule has 4 aromatic carbocycles. The Labute approximate surface area is 212 Å². The van der Waals surface area contributed by atoms with E-state index in [2.05, 4.69) is 10.3 Å². The molecule has 0 atom stereocenters. The molecular weight excluding hydrogens is 467 g/mol. The summed E-state index contributed by atoms with van der Waals surface area (Å²) >= 11 is 0. The highest BCUT2D eigenvalue weighted by atomic mass is 19.1. The summed E-state index contributed by atoms with van der Waals surface area (Å²) in [5, 5.41) is 13.4. The van der Waals surface area contributed by atoms with Crippen LogP contribution < -0.4 is 5.32 Å². The van der Waals surface area contributed by atoms with E-state index < -0.39 is 5.97 Å². The summed E-state index contributed by atoms with van der Waals surface area (Å²) in [6.07, 6.45) is 3.52. The zero-order valence-electron chi connectivity index (χ0n) is 19.6. The summed E-state index contributed by atoms with van der Waals surface area (Å²) in [4.78, 5) is 28.8. The number of nitrogens with one attached hydrogen (secondary N) is 1. The molecule has 1 amide bonds. The van der Waals surface area contributed by atoms with Gasteiger partial charge >= 0.3 is 5.97 Å². The summed E-state index contributed by atoms with van der Waals surface area (Å²) in [6, 6.07) is 29.4. The molecule has 0 saturated heterocycles. The van der Waals surface area contributed by atoms with Gasteiger partial charge in [0.05, 0.1) is 11.1 Å². The van der Waals surface area contributed by atoms with Gasteiger partial charge in [-0.15, -0.1) is 0 Å². The van der Waals surface area contributed by atoms with Gasteiger partial charge < -0.3 is 10.4 Å². The average molecular weight is 489 g/mol. The van der Waals surface area contributed by atoms with Crippen molar-refractivity contribution in [1.29, 1.82) is 0 Å². The van der Waals surface area contributed by atoms with Crippen molar-refractivity contribution in [2.45, 2.75) is 0 Å². The summed E-state index contributed by atoms with van der Waals surface area (Å²) in [5.74, 6) is -1.68. The fourth-order valence-electron chi connectivity index (χ4n) is 3.97. The van der Waals surface area contributed by atoms with Crippen LogP contribution in [0.15, 0.2) is 103 Å². The number of aromatic carboxylic acids is 1. The predicted molar refractivity (Wildman–Crippen MR) is 144 cm³/mol. The zero-order valence-corrected chi connectivity index (χ0v) is 19.6. The van der Waals surface area contributed by atoms with Gasteiger partial charge in [0.1, 0.15) is 11.5 Å². The molecule has 0 aliphatic heterocycles. The lowest BCUT2D eigenvalue weighted by Crippen LogP contribution is -2.13. The van der Waals surface area contributed by atoms with Gasteiger partial charge in [0.25, 0.3) is 5.91 Å². The van der Waals surface area contributed by atoms with E-state index in [1.165, 1.54) is 12.1 Å². The standard InChI is InChI=1S/C31H21FN2O3/c32-25-13-9-21(10-14-25)23-11-17-27(31(36)37)24(19-23)8-5-20-6-15-26(16-7-20)33-30(35)29-18-12-22-3-1-2-4-28(22)34-29/h1-19H,(H,33,35)(H,36,37)/b8-5+. The van der Waals surface area contributed by atoms with Crippen LogP contribution in [-0.2, 0) is 0 Å². The van der Waals surface area contributed by atoms with E-state index in [4.69, 9.17) is 0 Å². The molecule has 0 bridgehead atoms. The fraction of sp³-hybridized carbons (Fsp3) is 0. The van der Waals surface area contributed by atoms with Gasteiger partial charge in [-0.2, -0.15) is 0 Å². The number of fused-ring (bicyclic) bond motifs is 1. The summed E-state index contributed by atoms with van der Waals surface area (Å²) in [7, 11) is 0. The number of pyridine rings is 1. The molecule has 5 nitrogen and oxygen atoms in total. The van der Waals surface area contributed by atoms with Crippen molar-refractivity contribution < 1.29 is 19.1 Å². The van der Waals surface area contributed by atoms with Crippen LogP contribution in [0.25, 0.3) is 34.2 Å². The fourth-order valence-corrected chi connectivity index (χ4v) is 3.97. The Morgan fingerprint density at radius 2 is 1.51 bits per heavy atom. The number of carbonyl (C=O) groups excluding carboxylic acids is 1. The number of rotatable bonds is 6. The molecule has 5 aromatic rings. The Morgan fingerprint density at radius 1 is 0.784 bits per heavy atom. The lowest BCUT2D eigenvalue weighted by molar-refractivity contribution is 0.0696. The van der Waals surface area contributed by atoms with E-state index in [1.807, 2.05) is 42.5 Å². The number of aromatic nitrogens is 1. The molecule has 0 radical (unpaired) electrons. The molecule has 180 valence electrons. The molecule has 6 heteroatoms. The van der Waals surface area contributed by atoms with Crippen LogP contribution in [0.1, 0.15) is 32.0 Å². The Bertz CT molecular complexity index is 1640. The first-order chi connectivity index (χ1) is 18.0. The quantitative estimate of drug-likeness (QED) is 0.249. The monoisotopic (exact) mass is 488 g/mol. The predicted octanol–water partition coefficient (Wildman–Crippen LogP) is 7.16. The van der Waals surface area contributed by atoms with Crippen LogP contribution in [0.5, 0.6) is 0 Å². The molecule has 2 N–H and O–H groups in total. The van der Waals surface area contributed by atoms with Crippen LogP contribution in [0, 0.1) is 5.82 Å². The molecule has 0 saturated carbocycles. The minimum atomic E-state index is -1.04. The van der Waals surface area contributed by atoms with E-state index in [1.54, 1.807) is 60.7 Å². The van der Waals surface area contributed by atoms with Crippen molar-refractivity contribution in [3.05, 3.63) is 131 Å². The number of halogens is 1. The van der Waals surface area contributed by atoms with Crippen molar-refractivity contribution in [1.82, 2.24) is 4.98 Å². The van der Waals surface area contributed by atoms with Crippen molar-refractivity contribution in [3.8, 4) is 11.1 Å². The molecule has 37 heavy (non-hydrogen) atoms. The number of hydrogen-bond donors (Lipinski definition) is 2. The third kappa shape index (κ3) is 5.44. The Hall–Kier alpha value is -5.10. The molecule has 0 fully saturated rings. The van der Waals surface area contributed by atoms with E-state index >= 15 is 0 Å². The minimum absolute atomic E-state index is 0.161. The first-order valence-electron chi connectivity index (χ1n) is 11.5. The molecule has 0 aliphatic carbocycles. The second-order valence-electron chi connectivity index (χ2n) is 8.41. The number of benzene rings is 4. The van der Waals surface area contributed by atoms with Crippen LogP contribution in [0.3, 0.4) is 0 Å². The highest BCUT2D eigenvalue weighted by Crippen LogP contribution is 2.25. The van der Waals surface area contributed by atoms with Gasteiger partial charge in [0, 0.05) is 11.1 Å². The van der Waals surface area contributed by atoms with Gasteiger partial charge in [0.15, 0.2) is 0 Å². The first-order valence-corrected chi connectivity index (χ1v) is 11.5. The van der Waals surface area contributed by atoms with Gasteiger partial charge in [-0.05, 0) is 70.8 Å². The molecule has 0 unspecified atom stereocenters. The van der Waals surface area contributed by atoms with Crippen molar-refractivity contribution in [2.75, 3.05) is 5.32 Å². The highest BCUT2D eigenvalue weighted by molar-refractivity contribution is 6.04. The number of hydrogen-bond acceptors (Lipinski definition) is 3. The second-order valence-corrected chi connectivity index (χ2v) is 8.41. The lowest BCUT2D eigenvalue weighted by Gasteiger charge is -2.07. The number of anilines is 1. The van der Waals surface area contributed by atoms with Crippen LogP contribution in [-0.4, -0.2) is 22.0 Å². The third-order valence-corrected chi connectivity index (χ3v) is 5.91. The van der Waals surface area contributed by atoms with Crippen molar-refractivity contribution >= 4 is 40.6 Å². The number of para-hydroxylation sites is 1. The zero-order chi connectivity index (χ0) is 25.8. The topological polar surface area (TPSA) is 79.3 Å². The van der Waals surface area contributed by atoms with E-state index in [0.29, 0.717) is 16.9 Å². The summed E-state index contributed by atoms with van der Waals surface area (Å²) in [6.45, 7) is 0. The van der Waals surface area contributed by atoms with Crippen LogP contribution >= 0.6 is 0 Å². The first kappa shape index (κ1) is 23.6. The van der Waals surface area contributed by atoms with Gasteiger partial charge in [0.2, 0.25) is 0 Å². The summed E-state index contributed by atoms with van der Waals surface area (Å²) in [5.41, 5.74) is 4.76. The Kier molecular flexibility index (Phi) is 6.55. The molecule has 0 aliphatic rings. The van der Waals surface area contributed by atoms with E-state index in [0.717, 1.165) is 27.6 Å². The molecule has 1 heterocycles. The maximum atomic E-state index is 13.3. The third-order valence-electron chi connectivity index (χ3n) is 5.91. The maximum absolute atomic E-state index is 13.3. The van der Waals surface area contributed by atoms with Gasteiger partial charge in [-0.1, -0.05) is 66.7 Å².